The first-order chi connectivity index (χ1) is 30.3. The molecule has 0 radical (unpaired) electrons. The van der Waals surface area contributed by atoms with E-state index in [-0.39, 0.29) is 43.9 Å². The van der Waals surface area contributed by atoms with E-state index in [0.717, 1.165) is 10.2 Å². The zero-order valence-electron chi connectivity index (χ0n) is 41.1. The monoisotopic (exact) mass is 1010 g/mol. The fourth-order valence-corrected chi connectivity index (χ4v) is 9.72. The van der Waals surface area contributed by atoms with Crippen molar-refractivity contribution in [2.24, 2.45) is 17.8 Å². The van der Waals surface area contributed by atoms with Crippen LogP contribution in [0.25, 0.3) is 0 Å². The van der Waals surface area contributed by atoms with Gasteiger partial charge in [0.15, 0.2) is 17.7 Å². The lowest BCUT2D eigenvalue weighted by molar-refractivity contribution is -0.306. The van der Waals surface area contributed by atoms with E-state index in [1.54, 1.807) is 41.7 Å². The number of likely N-dealkylation sites (N-methyl/N-ethyl adjacent to an activating group) is 1. The van der Waals surface area contributed by atoms with Crippen LogP contribution in [-0.4, -0.2) is 179 Å². The molecule has 0 spiro atoms. The van der Waals surface area contributed by atoms with Crippen molar-refractivity contribution >= 4 is 44.9 Å². The standard InChI is InChI=1S/C47H83BrN4O12S/c1-14-37-47(10,58)41(55)31(6)52(22-15-21-49-45(65)50-35-18-16-34(48)17-19-35)26-27(2)25-46(9,57)42(64-44-39(54)36(51(11)12)24-28(3)60-44)29(4)40(30(5)43(56)62-37)63-38(20-23-59-13)61-33(8)32(7)53/h16-19,27-33,36-42,44,53-55,57-58H,14-15,20-26H2,1-13H3,(H2,49,50,65)/t27-,28-,29+,30-,31-,32-,33+,36+,37-,38+,39-,40+,41-,42-,44+,46-,47-/m1/s1. The summed E-state index contributed by atoms with van der Waals surface area (Å²) in [6.07, 6.45) is -7.89. The van der Waals surface area contributed by atoms with Crippen LogP contribution >= 0.6 is 28.1 Å². The van der Waals surface area contributed by atoms with Crippen LogP contribution in [0.1, 0.15) is 101 Å². The lowest BCUT2D eigenvalue weighted by Crippen LogP contribution is -2.59. The molecule has 0 unspecified atom stereocenters. The quantitative estimate of drug-likeness (QED) is 0.0491. The van der Waals surface area contributed by atoms with Crippen molar-refractivity contribution < 1.29 is 58.7 Å². The predicted molar refractivity (Wildman–Crippen MR) is 258 cm³/mol. The maximum absolute atomic E-state index is 14.5. The third-order valence-corrected chi connectivity index (χ3v) is 13.9. The first-order valence-electron chi connectivity index (χ1n) is 23.3. The topological polar surface area (TPSA) is 204 Å². The molecule has 0 aliphatic carbocycles. The molecule has 3 rings (SSSR count). The first-order valence-corrected chi connectivity index (χ1v) is 24.6. The van der Waals surface area contributed by atoms with Crippen molar-refractivity contribution in [1.82, 2.24) is 15.1 Å². The summed E-state index contributed by atoms with van der Waals surface area (Å²) in [4.78, 5) is 18.5. The number of cyclic esters (lactones) is 1. The van der Waals surface area contributed by atoms with Gasteiger partial charge in [0.05, 0.1) is 48.6 Å². The average molecular weight is 1010 g/mol. The van der Waals surface area contributed by atoms with Crippen molar-refractivity contribution in [1.29, 1.82) is 0 Å². The van der Waals surface area contributed by atoms with Crippen molar-refractivity contribution in [3.63, 3.8) is 0 Å². The van der Waals surface area contributed by atoms with Crippen LogP contribution in [0.5, 0.6) is 0 Å². The number of halogens is 1. The van der Waals surface area contributed by atoms with E-state index in [2.05, 4.69) is 31.5 Å². The van der Waals surface area contributed by atoms with Crippen LogP contribution in [0.4, 0.5) is 5.69 Å². The number of aliphatic hydroxyl groups is 5. The molecule has 1 aromatic carbocycles. The lowest BCUT2D eigenvalue weighted by Gasteiger charge is -2.47. The van der Waals surface area contributed by atoms with Crippen molar-refractivity contribution in [3.05, 3.63) is 28.7 Å². The Hall–Kier alpha value is -1.62. The highest BCUT2D eigenvalue weighted by Crippen LogP contribution is 2.38. The highest BCUT2D eigenvalue weighted by atomic mass is 79.9. The number of benzene rings is 1. The number of anilines is 1. The second-order valence-electron chi connectivity index (χ2n) is 19.3. The maximum Gasteiger partial charge on any atom is 0.311 e. The van der Waals surface area contributed by atoms with Crippen molar-refractivity contribution in [2.45, 2.75) is 186 Å². The van der Waals surface area contributed by atoms with Crippen LogP contribution in [0.3, 0.4) is 0 Å². The molecular formula is C47H83BrN4O12S. The molecule has 2 aliphatic rings. The normalized spacial score (nSPS) is 36.2. The number of nitrogens with zero attached hydrogens (tertiary/aromatic N) is 2. The van der Waals surface area contributed by atoms with E-state index in [9.17, 15) is 30.3 Å². The van der Waals surface area contributed by atoms with Gasteiger partial charge in [-0.15, -0.1) is 0 Å². The molecule has 1 aromatic rings. The molecule has 0 bridgehead atoms. The number of nitrogens with one attached hydrogen (secondary N) is 2. The zero-order chi connectivity index (χ0) is 49.0. The van der Waals surface area contributed by atoms with Gasteiger partial charge in [-0.05, 0) is 131 Å². The number of hydrogen-bond acceptors (Lipinski definition) is 15. The molecule has 17 atom stereocenters. The fraction of sp³-hybridized carbons (Fsp3) is 0.830. The number of rotatable bonds is 17. The summed E-state index contributed by atoms with van der Waals surface area (Å²) in [5, 5.41) is 66.1. The molecule has 0 aromatic heterocycles. The Morgan fingerprint density at radius 1 is 1.09 bits per heavy atom. The van der Waals surface area contributed by atoms with E-state index < -0.39 is 90.4 Å². The number of hydrogen-bond donors (Lipinski definition) is 7. The number of carbonyl (C=O) groups is 1. The molecule has 65 heavy (non-hydrogen) atoms. The second-order valence-corrected chi connectivity index (χ2v) is 20.6. The van der Waals surface area contributed by atoms with Crippen molar-refractivity contribution in [2.75, 3.05) is 52.8 Å². The van der Waals surface area contributed by atoms with Crippen LogP contribution in [0, 0.1) is 17.8 Å². The number of ether oxygens (including phenoxy) is 6. The van der Waals surface area contributed by atoms with Gasteiger partial charge >= 0.3 is 5.97 Å². The summed E-state index contributed by atoms with van der Waals surface area (Å²) in [7, 11) is 5.31. The molecule has 2 fully saturated rings. The van der Waals surface area contributed by atoms with Gasteiger partial charge in [-0.3, -0.25) is 9.69 Å². The zero-order valence-corrected chi connectivity index (χ0v) is 43.5. The van der Waals surface area contributed by atoms with E-state index in [1.165, 1.54) is 6.92 Å². The Labute approximate surface area is 402 Å². The number of carbonyl (C=O) groups excluding carboxylic acids is 1. The molecule has 0 amide bonds. The summed E-state index contributed by atoms with van der Waals surface area (Å²) in [6.45, 7) is 19.1. The van der Waals surface area contributed by atoms with E-state index >= 15 is 0 Å². The Balaban J connectivity index is 2.11. The van der Waals surface area contributed by atoms with Gasteiger partial charge in [0.2, 0.25) is 0 Å². The predicted octanol–water partition coefficient (Wildman–Crippen LogP) is 4.66. The molecule has 2 heterocycles. The Kier molecular flexibility index (Phi) is 23.4. The largest absolute Gasteiger partial charge is 0.459 e. The van der Waals surface area contributed by atoms with Gasteiger partial charge in [0.1, 0.15) is 23.9 Å². The SMILES string of the molecule is CC[C@H]1OC(=O)[C@H](C)[C@@H](O[C@@H](CCOC)O[C@@H](C)[C@@H](C)O)[C@H](C)[C@@H](O[C@@H]2O[C@H](C)C[C@H](N(C)C)[C@H]2O)[C@](C)(O)C[C@@H](C)CN(CCCNC(=S)Nc2ccc(Br)cc2)[C@H](C)[C@@H](O)[C@]1(C)O. The van der Waals surface area contributed by atoms with Gasteiger partial charge in [0.25, 0.3) is 0 Å². The first kappa shape index (κ1) is 57.7. The Morgan fingerprint density at radius 3 is 2.32 bits per heavy atom. The molecule has 7 N–H and O–H groups in total. The number of methoxy groups -OCH3 is 1. The highest BCUT2D eigenvalue weighted by molar-refractivity contribution is 9.10. The van der Waals surface area contributed by atoms with Gasteiger partial charge in [-0.25, -0.2) is 0 Å². The maximum atomic E-state index is 14.5. The number of aliphatic hydroxyl groups excluding tert-OH is 3. The van der Waals surface area contributed by atoms with Crippen molar-refractivity contribution in [3.8, 4) is 0 Å². The molecule has 2 saturated heterocycles. The fourth-order valence-electron chi connectivity index (χ4n) is 9.23. The lowest BCUT2D eigenvalue weighted by atomic mass is 9.77. The van der Waals surface area contributed by atoms with Gasteiger partial charge in [-0.1, -0.05) is 36.7 Å². The minimum Gasteiger partial charge on any atom is -0.459 e. The third-order valence-electron chi connectivity index (χ3n) is 13.2. The smallest absolute Gasteiger partial charge is 0.311 e. The molecule has 18 heteroatoms. The number of thiocarbonyl (C=S) groups is 1. The summed E-state index contributed by atoms with van der Waals surface area (Å²) >= 11 is 9.01. The number of esters is 1. The van der Waals surface area contributed by atoms with Crippen LogP contribution in [0.15, 0.2) is 28.7 Å². The van der Waals surface area contributed by atoms with E-state index in [4.69, 9.17) is 40.6 Å². The van der Waals surface area contributed by atoms with E-state index in [1.807, 2.05) is 71.0 Å². The Morgan fingerprint density at radius 2 is 1.74 bits per heavy atom. The average Bonchev–Trinajstić information content (AvgIpc) is 3.23. The third kappa shape index (κ3) is 16.8. The summed E-state index contributed by atoms with van der Waals surface area (Å²) in [6, 6.07) is 6.73. The van der Waals surface area contributed by atoms with Gasteiger partial charge in [0, 0.05) is 61.3 Å². The van der Waals surface area contributed by atoms with Gasteiger partial charge in [-0.2, -0.15) is 0 Å². The highest BCUT2D eigenvalue weighted by Gasteiger charge is 2.51. The van der Waals surface area contributed by atoms with Crippen LogP contribution in [0.2, 0.25) is 0 Å². The molecular weight excluding hydrogens is 925 g/mol. The van der Waals surface area contributed by atoms with Gasteiger partial charge < -0.3 is 69.5 Å². The second kappa shape index (κ2) is 26.4. The summed E-state index contributed by atoms with van der Waals surface area (Å²) in [5.74, 6) is -2.79. The molecule has 2 aliphatic heterocycles. The summed E-state index contributed by atoms with van der Waals surface area (Å²) in [5.41, 5.74) is -2.67. The van der Waals surface area contributed by atoms with Crippen LogP contribution in [-0.2, 0) is 33.2 Å². The molecule has 16 nitrogen and oxygen atoms in total. The molecule has 376 valence electrons. The Bertz CT molecular complexity index is 1580. The minimum atomic E-state index is -1.89. The summed E-state index contributed by atoms with van der Waals surface area (Å²) < 4.78 is 38.6. The molecule has 0 saturated carbocycles. The van der Waals surface area contributed by atoms with E-state index in [0.29, 0.717) is 37.6 Å². The van der Waals surface area contributed by atoms with Crippen LogP contribution < -0.4 is 10.6 Å². The minimum absolute atomic E-state index is 0.179.